The van der Waals surface area contributed by atoms with Crippen LogP contribution in [0.4, 0.5) is 5.69 Å². The van der Waals surface area contributed by atoms with Crippen LogP contribution in [-0.2, 0) is 5.41 Å². The van der Waals surface area contributed by atoms with Crippen LogP contribution in [0.25, 0.3) is 5.57 Å². The Hall–Kier alpha value is -1.85. The molecule has 0 saturated heterocycles. The predicted octanol–water partition coefficient (Wildman–Crippen LogP) is 3.24. The van der Waals surface area contributed by atoms with E-state index in [2.05, 4.69) is 38.1 Å². The number of rotatable bonds is 0. The highest BCUT2D eigenvalue weighted by atomic mass is 14.6. The molecule has 3 rings (SSSR count). The van der Waals surface area contributed by atoms with E-state index in [4.69, 9.17) is 5.73 Å². The van der Waals surface area contributed by atoms with Crippen LogP contribution in [0.5, 0.6) is 0 Å². The lowest BCUT2D eigenvalue weighted by molar-refractivity contribution is 0.656. The van der Waals surface area contributed by atoms with Crippen LogP contribution in [0.15, 0.2) is 42.0 Å². The minimum Gasteiger partial charge on any atom is -0.398 e. The summed E-state index contributed by atoms with van der Waals surface area (Å²) in [7, 11) is 0. The first kappa shape index (κ1) is 9.38. The molecule has 0 aliphatic heterocycles. The second-order valence-corrected chi connectivity index (χ2v) is 4.87. The number of nitrogen functional groups attached to an aromatic ring is 1. The van der Waals surface area contributed by atoms with Gasteiger partial charge in [-0.15, -0.1) is 0 Å². The molecular formula is C15H14N+. The van der Waals surface area contributed by atoms with Gasteiger partial charge in [0.05, 0.1) is 22.6 Å². The van der Waals surface area contributed by atoms with Gasteiger partial charge in [-0.2, -0.15) is 0 Å². The van der Waals surface area contributed by atoms with Gasteiger partial charge in [0.1, 0.15) is 12.2 Å². The lowest BCUT2D eigenvalue weighted by Crippen LogP contribution is -2.18. The molecule has 0 amide bonds. The molecule has 1 aromatic carbocycles. The topological polar surface area (TPSA) is 26.0 Å². The van der Waals surface area contributed by atoms with Gasteiger partial charge in [0, 0.05) is 22.9 Å². The molecule has 1 nitrogen and oxygen atoms in total. The van der Waals surface area contributed by atoms with Crippen molar-refractivity contribution in [3.05, 3.63) is 59.2 Å². The summed E-state index contributed by atoms with van der Waals surface area (Å²) < 4.78 is 0. The van der Waals surface area contributed by atoms with Crippen molar-refractivity contribution in [3.8, 4) is 0 Å². The fourth-order valence-corrected chi connectivity index (χ4v) is 2.81. The molecule has 0 bridgehead atoms. The van der Waals surface area contributed by atoms with E-state index in [-0.39, 0.29) is 5.41 Å². The van der Waals surface area contributed by atoms with E-state index < -0.39 is 0 Å². The van der Waals surface area contributed by atoms with Crippen LogP contribution in [0, 0.1) is 6.08 Å². The summed E-state index contributed by atoms with van der Waals surface area (Å²) in [5.74, 6) is 0. The van der Waals surface area contributed by atoms with Crippen LogP contribution < -0.4 is 5.73 Å². The van der Waals surface area contributed by atoms with Gasteiger partial charge < -0.3 is 5.73 Å². The number of hydrogen-bond donors (Lipinski definition) is 1. The molecule has 1 heteroatoms. The molecule has 0 unspecified atom stereocenters. The maximum Gasteiger partial charge on any atom is 0.107 e. The van der Waals surface area contributed by atoms with Crippen molar-refractivity contribution in [2.75, 3.05) is 5.73 Å². The molecule has 78 valence electrons. The molecule has 2 aliphatic rings. The first-order valence-corrected chi connectivity index (χ1v) is 5.52. The fourth-order valence-electron chi connectivity index (χ4n) is 2.81. The second-order valence-electron chi connectivity index (χ2n) is 4.87. The van der Waals surface area contributed by atoms with Crippen molar-refractivity contribution in [2.45, 2.75) is 19.3 Å². The van der Waals surface area contributed by atoms with Crippen LogP contribution in [-0.4, -0.2) is 0 Å². The van der Waals surface area contributed by atoms with Crippen molar-refractivity contribution in [3.63, 3.8) is 0 Å². The number of nitrogens with two attached hydrogens (primary N) is 1. The van der Waals surface area contributed by atoms with E-state index in [1.807, 2.05) is 18.2 Å². The van der Waals surface area contributed by atoms with Crippen molar-refractivity contribution < 1.29 is 0 Å². The Morgan fingerprint density at radius 3 is 2.88 bits per heavy atom. The van der Waals surface area contributed by atoms with Crippen molar-refractivity contribution >= 4 is 11.3 Å². The van der Waals surface area contributed by atoms with Gasteiger partial charge in [0.2, 0.25) is 0 Å². The Morgan fingerprint density at radius 2 is 2.06 bits per heavy atom. The largest absolute Gasteiger partial charge is 0.398 e. The second kappa shape index (κ2) is 2.84. The van der Waals surface area contributed by atoms with Crippen molar-refractivity contribution in [1.29, 1.82) is 0 Å². The summed E-state index contributed by atoms with van der Waals surface area (Å²) in [5.41, 5.74) is 12.1. The third-order valence-corrected chi connectivity index (χ3v) is 3.55. The summed E-state index contributed by atoms with van der Waals surface area (Å²) in [6, 6.07) is 6.16. The molecule has 1 aromatic rings. The van der Waals surface area contributed by atoms with Crippen LogP contribution in [0.3, 0.4) is 0 Å². The third-order valence-electron chi connectivity index (χ3n) is 3.55. The Labute approximate surface area is 96.0 Å². The summed E-state index contributed by atoms with van der Waals surface area (Å²) in [6.07, 6.45) is 9.33. The fraction of sp³-hybridized carbons (Fsp3) is 0.200. The van der Waals surface area contributed by atoms with E-state index in [1.54, 1.807) is 0 Å². The number of benzene rings is 1. The van der Waals surface area contributed by atoms with Crippen molar-refractivity contribution in [2.24, 2.45) is 0 Å². The zero-order valence-electron chi connectivity index (χ0n) is 9.54. The number of anilines is 1. The maximum absolute atomic E-state index is 6.12. The SMILES string of the molecule is CC1(C)C2=C(C=C[C+]=C2)c2cccc(N)c21. The number of allylic oxidation sites excluding steroid dienone is 6. The molecule has 0 fully saturated rings. The van der Waals surface area contributed by atoms with E-state index in [0.29, 0.717) is 0 Å². The average Bonchev–Trinajstić information content (AvgIpc) is 2.50. The Balaban J connectivity index is 2.38. The third kappa shape index (κ3) is 0.986. The van der Waals surface area contributed by atoms with E-state index >= 15 is 0 Å². The summed E-state index contributed by atoms with van der Waals surface area (Å²) in [5, 5.41) is 0. The highest BCUT2D eigenvalue weighted by Gasteiger charge is 2.43. The Bertz CT molecular complexity index is 557. The Morgan fingerprint density at radius 1 is 1.25 bits per heavy atom. The first-order valence-electron chi connectivity index (χ1n) is 5.52. The van der Waals surface area contributed by atoms with E-state index in [9.17, 15) is 0 Å². The minimum absolute atomic E-state index is 0.00618. The predicted molar refractivity (Wildman–Crippen MR) is 67.8 cm³/mol. The zero-order valence-corrected chi connectivity index (χ0v) is 9.54. The maximum atomic E-state index is 6.12. The van der Waals surface area contributed by atoms with E-state index in [0.717, 1.165) is 5.69 Å². The van der Waals surface area contributed by atoms with E-state index in [1.165, 1.54) is 22.3 Å². The summed E-state index contributed by atoms with van der Waals surface area (Å²) in [4.78, 5) is 0. The van der Waals surface area contributed by atoms with Crippen LogP contribution in [0.1, 0.15) is 25.0 Å². The van der Waals surface area contributed by atoms with Gasteiger partial charge in [0.15, 0.2) is 0 Å². The lowest BCUT2D eigenvalue weighted by Gasteiger charge is -2.20. The highest BCUT2D eigenvalue weighted by Crippen LogP contribution is 2.50. The van der Waals surface area contributed by atoms with Gasteiger partial charge in [-0.05, 0) is 19.9 Å². The molecule has 0 radical (unpaired) electrons. The monoisotopic (exact) mass is 208 g/mol. The standard InChI is InChI=1S/C15H14N/c1-15(2)12-8-4-3-6-10(12)11-7-5-9-13(16)14(11)15/h3,5-9H,16H2,1-2H3/q+1. The normalized spacial score (nSPS) is 19.4. The summed E-state index contributed by atoms with van der Waals surface area (Å²) >= 11 is 0. The summed E-state index contributed by atoms with van der Waals surface area (Å²) in [6.45, 7) is 4.45. The van der Waals surface area contributed by atoms with Gasteiger partial charge in [-0.25, -0.2) is 0 Å². The molecule has 0 heterocycles. The smallest absolute Gasteiger partial charge is 0.107 e. The first-order chi connectivity index (χ1) is 7.62. The highest BCUT2D eigenvalue weighted by molar-refractivity contribution is 5.91. The number of fused-ring (bicyclic) bond motifs is 2. The molecule has 0 atom stereocenters. The van der Waals surface area contributed by atoms with Gasteiger partial charge in [-0.1, -0.05) is 12.1 Å². The minimum atomic E-state index is -0.00618. The van der Waals surface area contributed by atoms with Crippen molar-refractivity contribution in [1.82, 2.24) is 0 Å². The molecule has 2 aliphatic carbocycles. The lowest BCUT2D eigenvalue weighted by atomic mass is 9.80. The molecule has 0 aromatic heterocycles. The molecule has 16 heavy (non-hydrogen) atoms. The van der Waals surface area contributed by atoms with Gasteiger partial charge in [0.25, 0.3) is 0 Å². The van der Waals surface area contributed by atoms with Gasteiger partial charge >= 0.3 is 0 Å². The molecule has 2 N–H and O–H groups in total. The van der Waals surface area contributed by atoms with Crippen LogP contribution >= 0.6 is 0 Å². The molecule has 0 spiro atoms. The molecular weight excluding hydrogens is 194 g/mol. The average molecular weight is 208 g/mol. The quantitative estimate of drug-likeness (QED) is 0.514. The number of hydrogen-bond acceptors (Lipinski definition) is 1. The molecule has 0 saturated carbocycles. The Kier molecular flexibility index (Phi) is 1.66. The zero-order chi connectivity index (χ0) is 11.3. The van der Waals surface area contributed by atoms with Gasteiger partial charge in [-0.3, -0.25) is 0 Å². The van der Waals surface area contributed by atoms with Crippen LogP contribution in [0.2, 0.25) is 0 Å².